The summed E-state index contributed by atoms with van der Waals surface area (Å²) in [6.07, 6.45) is -9.74. The Balaban J connectivity index is 3.15. The molecule has 0 unspecified atom stereocenters. The van der Waals surface area contributed by atoms with E-state index in [0.29, 0.717) is 6.07 Å². The van der Waals surface area contributed by atoms with Gasteiger partial charge < -0.3 is 4.74 Å². The van der Waals surface area contributed by atoms with Gasteiger partial charge in [-0.1, -0.05) is 6.92 Å². The molecule has 0 saturated carbocycles. The van der Waals surface area contributed by atoms with E-state index in [9.17, 15) is 26.3 Å². The molecule has 0 aliphatic heterocycles. The van der Waals surface area contributed by atoms with Crippen molar-refractivity contribution in [3.05, 3.63) is 23.4 Å². The Kier molecular flexibility index (Phi) is 3.53. The minimum Gasteiger partial charge on any atom is -0.388 e. The van der Waals surface area contributed by atoms with Crippen LogP contribution < -0.4 is 4.74 Å². The van der Waals surface area contributed by atoms with Gasteiger partial charge in [-0.15, -0.1) is 13.2 Å². The van der Waals surface area contributed by atoms with E-state index < -0.39 is 24.1 Å². The van der Waals surface area contributed by atoms with Crippen molar-refractivity contribution in [1.29, 1.82) is 0 Å². The maximum absolute atomic E-state index is 12.3. The number of aryl methyl sites for hydroxylation is 1. The van der Waals surface area contributed by atoms with Crippen LogP contribution in [0.15, 0.2) is 12.1 Å². The molecule has 0 aliphatic carbocycles. The molecule has 1 heterocycles. The minimum atomic E-state index is -5.07. The lowest BCUT2D eigenvalue weighted by Crippen LogP contribution is -2.19. The average molecular weight is 259 g/mol. The van der Waals surface area contributed by atoms with Gasteiger partial charge in [0.05, 0.1) is 0 Å². The van der Waals surface area contributed by atoms with Crippen LogP contribution in [0.1, 0.15) is 18.2 Å². The third-order valence-electron chi connectivity index (χ3n) is 1.78. The Morgan fingerprint density at radius 2 is 1.71 bits per heavy atom. The van der Waals surface area contributed by atoms with Crippen molar-refractivity contribution < 1.29 is 31.1 Å². The summed E-state index contributed by atoms with van der Waals surface area (Å²) in [6.45, 7) is 1.51. The van der Waals surface area contributed by atoms with Crippen LogP contribution in [0.5, 0.6) is 5.88 Å². The quantitative estimate of drug-likeness (QED) is 0.757. The van der Waals surface area contributed by atoms with Crippen LogP contribution in [0, 0.1) is 0 Å². The molecule has 8 heteroatoms. The number of alkyl halides is 6. The molecule has 1 aromatic rings. The van der Waals surface area contributed by atoms with Gasteiger partial charge in [0.2, 0.25) is 5.88 Å². The molecular weight excluding hydrogens is 252 g/mol. The van der Waals surface area contributed by atoms with Crippen LogP contribution in [0.2, 0.25) is 0 Å². The summed E-state index contributed by atoms with van der Waals surface area (Å²) in [4.78, 5) is 2.77. The van der Waals surface area contributed by atoms with E-state index in [2.05, 4.69) is 9.72 Å². The number of rotatable bonds is 2. The van der Waals surface area contributed by atoms with Crippen LogP contribution in [0.25, 0.3) is 0 Å². The van der Waals surface area contributed by atoms with Crippen molar-refractivity contribution in [2.45, 2.75) is 25.9 Å². The van der Waals surface area contributed by atoms with E-state index in [1.807, 2.05) is 0 Å². The van der Waals surface area contributed by atoms with Gasteiger partial charge in [-0.3, -0.25) is 0 Å². The minimum absolute atomic E-state index is 0.0616. The molecule has 17 heavy (non-hydrogen) atoms. The van der Waals surface area contributed by atoms with Gasteiger partial charge in [0.25, 0.3) is 0 Å². The summed E-state index contributed by atoms with van der Waals surface area (Å²) in [5, 5.41) is 0. The summed E-state index contributed by atoms with van der Waals surface area (Å²) >= 11 is 0. The Morgan fingerprint density at radius 1 is 1.12 bits per heavy atom. The standard InChI is InChI=1S/C9H7F6NO/c1-2-5-3-6(8(10,11)12)16-7(4-5)17-9(13,14)15/h3-4H,2H2,1H3. The lowest BCUT2D eigenvalue weighted by Gasteiger charge is -2.12. The van der Waals surface area contributed by atoms with Crippen LogP contribution in [-0.2, 0) is 12.6 Å². The topological polar surface area (TPSA) is 22.1 Å². The van der Waals surface area contributed by atoms with Crippen LogP contribution in [0.3, 0.4) is 0 Å². The lowest BCUT2D eigenvalue weighted by molar-refractivity contribution is -0.276. The molecule has 0 aliphatic rings. The van der Waals surface area contributed by atoms with E-state index in [1.54, 1.807) is 0 Å². The third kappa shape index (κ3) is 4.12. The fourth-order valence-corrected chi connectivity index (χ4v) is 1.08. The van der Waals surface area contributed by atoms with Gasteiger partial charge in [-0.05, 0) is 18.1 Å². The largest absolute Gasteiger partial charge is 0.574 e. The first-order valence-electron chi connectivity index (χ1n) is 4.45. The summed E-state index contributed by atoms with van der Waals surface area (Å²) < 4.78 is 75.9. The predicted octanol–water partition coefficient (Wildman–Crippen LogP) is 3.56. The first-order valence-corrected chi connectivity index (χ1v) is 4.45. The molecule has 2 nitrogen and oxygen atoms in total. The highest BCUT2D eigenvalue weighted by atomic mass is 19.4. The Labute approximate surface area is 92.2 Å². The molecular formula is C9H7F6NO. The Bertz CT molecular complexity index is 397. The van der Waals surface area contributed by atoms with Crippen molar-refractivity contribution in [1.82, 2.24) is 4.98 Å². The second-order valence-corrected chi connectivity index (χ2v) is 3.10. The Morgan fingerprint density at radius 3 is 2.12 bits per heavy atom. The van der Waals surface area contributed by atoms with Crippen LogP contribution in [-0.4, -0.2) is 11.3 Å². The van der Waals surface area contributed by atoms with E-state index in [-0.39, 0.29) is 12.0 Å². The van der Waals surface area contributed by atoms with Crippen molar-refractivity contribution in [2.75, 3.05) is 0 Å². The summed E-state index contributed by atoms with van der Waals surface area (Å²) in [6, 6.07) is 1.51. The first kappa shape index (κ1) is 13.6. The van der Waals surface area contributed by atoms with Gasteiger partial charge >= 0.3 is 12.5 Å². The van der Waals surface area contributed by atoms with Gasteiger partial charge in [0, 0.05) is 6.07 Å². The van der Waals surface area contributed by atoms with Gasteiger partial charge in [-0.25, -0.2) is 4.98 Å². The van der Waals surface area contributed by atoms with Gasteiger partial charge in [-0.2, -0.15) is 13.2 Å². The van der Waals surface area contributed by atoms with E-state index >= 15 is 0 Å². The zero-order chi connectivity index (χ0) is 13.3. The maximum atomic E-state index is 12.3. The van der Waals surface area contributed by atoms with Crippen molar-refractivity contribution in [3.63, 3.8) is 0 Å². The highest BCUT2D eigenvalue weighted by Gasteiger charge is 2.36. The van der Waals surface area contributed by atoms with Crippen molar-refractivity contribution >= 4 is 0 Å². The molecule has 0 radical (unpaired) electrons. The van der Waals surface area contributed by atoms with Crippen LogP contribution in [0.4, 0.5) is 26.3 Å². The molecule has 1 aromatic heterocycles. The number of pyridine rings is 1. The molecule has 0 aromatic carbocycles. The van der Waals surface area contributed by atoms with Crippen molar-refractivity contribution in [3.8, 4) is 5.88 Å². The first-order chi connectivity index (χ1) is 7.62. The number of hydrogen-bond donors (Lipinski definition) is 0. The highest BCUT2D eigenvalue weighted by Crippen LogP contribution is 2.31. The molecule has 0 fully saturated rings. The normalized spacial score (nSPS) is 12.6. The molecule has 0 saturated heterocycles. The summed E-state index contributed by atoms with van der Waals surface area (Å²) in [5.41, 5.74) is -1.34. The van der Waals surface area contributed by atoms with Crippen molar-refractivity contribution in [2.24, 2.45) is 0 Å². The molecule has 0 bridgehead atoms. The fourth-order valence-electron chi connectivity index (χ4n) is 1.08. The lowest BCUT2D eigenvalue weighted by atomic mass is 10.2. The second-order valence-electron chi connectivity index (χ2n) is 3.10. The fraction of sp³-hybridized carbons (Fsp3) is 0.444. The molecule has 0 N–H and O–H groups in total. The predicted molar refractivity (Wildman–Crippen MR) is 45.3 cm³/mol. The monoisotopic (exact) mass is 259 g/mol. The van der Waals surface area contributed by atoms with E-state index in [1.165, 1.54) is 6.92 Å². The van der Waals surface area contributed by atoms with E-state index in [4.69, 9.17) is 0 Å². The number of nitrogens with zero attached hydrogens (tertiary/aromatic N) is 1. The highest BCUT2D eigenvalue weighted by molar-refractivity contribution is 5.26. The molecule has 1 rings (SSSR count). The zero-order valence-electron chi connectivity index (χ0n) is 8.49. The number of ether oxygens (including phenoxy) is 1. The number of aromatic nitrogens is 1. The smallest absolute Gasteiger partial charge is 0.388 e. The van der Waals surface area contributed by atoms with Gasteiger partial charge in [0.1, 0.15) is 5.69 Å². The van der Waals surface area contributed by atoms with E-state index in [0.717, 1.165) is 6.07 Å². The molecule has 96 valence electrons. The summed E-state index contributed by atoms with van der Waals surface area (Å²) in [5.74, 6) is -1.11. The zero-order valence-corrected chi connectivity index (χ0v) is 8.49. The van der Waals surface area contributed by atoms with Crippen LogP contribution >= 0.6 is 0 Å². The molecule has 0 amide bonds. The molecule has 0 spiro atoms. The second kappa shape index (κ2) is 4.42. The molecule has 0 atom stereocenters. The number of halogens is 6. The average Bonchev–Trinajstić information content (AvgIpc) is 2.13. The number of hydrogen-bond acceptors (Lipinski definition) is 2. The SMILES string of the molecule is CCc1cc(OC(F)(F)F)nc(C(F)(F)F)c1. The third-order valence-corrected chi connectivity index (χ3v) is 1.78. The van der Waals surface area contributed by atoms with Gasteiger partial charge in [0.15, 0.2) is 0 Å². The maximum Gasteiger partial charge on any atom is 0.574 e. The Hall–Kier alpha value is -1.47. The summed E-state index contributed by atoms with van der Waals surface area (Å²) in [7, 11) is 0.